The van der Waals surface area contributed by atoms with E-state index in [-0.39, 0.29) is 0 Å². The average Bonchev–Trinajstić information content (AvgIpc) is 3.54. The Bertz CT molecular complexity index is 1420. The summed E-state index contributed by atoms with van der Waals surface area (Å²) in [6.07, 6.45) is 2.62. The van der Waals surface area contributed by atoms with Crippen LogP contribution in [-0.2, 0) is 13.0 Å². The molecule has 0 radical (unpaired) electrons. The zero-order valence-corrected chi connectivity index (χ0v) is 20.1. The van der Waals surface area contributed by atoms with Crippen molar-refractivity contribution in [3.05, 3.63) is 58.9 Å². The van der Waals surface area contributed by atoms with Gasteiger partial charge in [-0.05, 0) is 68.8 Å². The van der Waals surface area contributed by atoms with E-state index in [1.54, 1.807) is 22.2 Å². The number of aromatic nitrogens is 5. The number of ether oxygens (including phenoxy) is 2. The van der Waals surface area contributed by atoms with Crippen molar-refractivity contribution in [1.82, 2.24) is 24.1 Å². The fourth-order valence-electron chi connectivity index (χ4n) is 4.21. The molecule has 5 rings (SSSR count). The minimum atomic E-state index is 0.607. The fourth-order valence-corrected chi connectivity index (χ4v) is 4.86. The van der Waals surface area contributed by atoms with Crippen LogP contribution in [0.25, 0.3) is 27.4 Å². The Hall–Kier alpha value is -3.39. The molecule has 0 amide bonds. The summed E-state index contributed by atoms with van der Waals surface area (Å²) in [5, 5.41) is 7.75. The summed E-state index contributed by atoms with van der Waals surface area (Å²) in [6.45, 7) is 10.3. The molecule has 0 aliphatic heterocycles. The van der Waals surface area contributed by atoms with Crippen LogP contribution in [0.4, 0.5) is 0 Å². The molecular weight excluding hydrogens is 434 g/mol. The molecule has 0 N–H and O–H groups in total. The minimum Gasteiger partial charge on any atom is -0.490 e. The van der Waals surface area contributed by atoms with E-state index >= 15 is 0 Å². The third-order valence-corrected chi connectivity index (χ3v) is 6.79. The highest BCUT2D eigenvalue weighted by Crippen LogP contribution is 2.31. The van der Waals surface area contributed by atoms with Crippen molar-refractivity contribution in [3.63, 3.8) is 0 Å². The molecule has 0 saturated heterocycles. The maximum absolute atomic E-state index is 5.80. The molecule has 7 nitrogen and oxygen atoms in total. The Labute approximate surface area is 196 Å². The topological polar surface area (TPSA) is 66.5 Å². The van der Waals surface area contributed by atoms with E-state index in [9.17, 15) is 0 Å². The van der Waals surface area contributed by atoms with E-state index in [1.165, 1.54) is 16.8 Å². The highest BCUT2D eigenvalue weighted by atomic mass is 32.1. The molecule has 0 fully saturated rings. The monoisotopic (exact) mass is 461 g/mol. The second kappa shape index (κ2) is 8.86. The van der Waals surface area contributed by atoms with E-state index in [4.69, 9.17) is 19.4 Å². The van der Waals surface area contributed by atoms with Gasteiger partial charge in [-0.2, -0.15) is 0 Å². The molecule has 0 saturated carbocycles. The maximum Gasteiger partial charge on any atom is 0.192 e. The van der Waals surface area contributed by atoms with Gasteiger partial charge in [0.15, 0.2) is 23.0 Å². The molecule has 170 valence electrons. The molecule has 4 aromatic heterocycles. The lowest BCUT2D eigenvalue weighted by atomic mass is 10.1. The fraction of sp³-hybridized carbons (Fsp3) is 0.320. The van der Waals surface area contributed by atoms with Crippen LogP contribution in [0.2, 0.25) is 0 Å². The summed E-state index contributed by atoms with van der Waals surface area (Å²) in [4.78, 5) is 10.7. The highest BCUT2D eigenvalue weighted by molar-refractivity contribution is 7.13. The van der Waals surface area contributed by atoms with E-state index in [2.05, 4.69) is 35.6 Å². The van der Waals surface area contributed by atoms with Crippen LogP contribution in [0.3, 0.4) is 0 Å². The second-order valence-corrected chi connectivity index (χ2v) is 8.83. The Morgan fingerprint density at radius 2 is 1.82 bits per heavy atom. The quantitative estimate of drug-likeness (QED) is 0.307. The lowest BCUT2D eigenvalue weighted by molar-refractivity contribution is 0.287. The first-order valence-electron chi connectivity index (χ1n) is 11.2. The summed E-state index contributed by atoms with van der Waals surface area (Å²) < 4.78 is 15.6. The van der Waals surface area contributed by atoms with Crippen molar-refractivity contribution in [2.45, 2.75) is 40.7 Å². The van der Waals surface area contributed by atoms with E-state index < -0.39 is 0 Å². The molecule has 1 aromatic carbocycles. The van der Waals surface area contributed by atoms with Crippen molar-refractivity contribution in [1.29, 1.82) is 0 Å². The number of rotatable bonds is 8. The zero-order valence-electron chi connectivity index (χ0n) is 19.3. The van der Waals surface area contributed by atoms with Crippen molar-refractivity contribution >= 4 is 28.0 Å². The predicted octanol–water partition coefficient (Wildman–Crippen LogP) is 5.46. The molecule has 0 aliphatic carbocycles. The summed E-state index contributed by atoms with van der Waals surface area (Å²) >= 11 is 1.64. The van der Waals surface area contributed by atoms with E-state index in [1.807, 2.05) is 37.4 Å². The first-order chi connectivity index (χ1) is 16.1. The smallest absolute Gasteiger partial charge is 0.192 e. The largest absolute Gasteiger partial charge is 0.490 e. The predicted molar refractivity (Wildman–Crippen MR) is 132 cm³/mol. The van der Waals surface area contributed by atoms with Crippen LogP contribution >= 0.6 is 11.3 Å². The van der Waals surface area contributed by atoms with Gasteiger partial charge < -0.3 is 14.0 Å². The summed E-state index contributed by atoms with van der Waals surface area (Å²) in [5.41, 5.74) is 5.38. The van der Waals surface area contributed by atoms with Gasteiger partial charge in [0.05, 0.1) is 23.5 Å². The van der Waals surface area contributed by atoms with Crippen LogP contribution in [-0.4, -0.2) is 37.4 Å². The lowest BCUT2D eigenvalue weighted by Crippen LogP contribution is -2.05. The zero-order chi connectivity index (χ0) is 22.9. The number of nitrogens with zero attached hydrogens (tertiary/aromatic N) is 5. The number of thiophene rings is 1. The van der Waals surface area contributed by atoms with Crippen molar-refractivity contribution in [2.24, 2.45) is 0 Å². The first kappa shape index (κ1) is 21.5. The van der Waals surface area contributed by atoms with Gasteiger partial charge in [-0.25, -0.2) is 14.5 Å². The summed E-state index contributed by atoms with van der Waals surface area (Å²) in [6, 6.07) is 10.3. The number of benzene rings is 1. The first-order valence-corrected chi connectivity index (χ1v) is 12.1. The van der Waals surface area contributed by atoms with Gasteiger partial charge in [0.25, 0.3) is 0 Å². The third kappa shape index (κ3) is 3.84. The van der Waals surface area contributed by atoms with Gasteiger partial charge in [-0.15, -0.1) is 16.4 Å². The van der Waals surface area contributed by atoms with E-state index in [0.717, 1.165) is 51.8 Å². The molecule has 0 aliphatic rings. The van der Waals surface area contributed by atoms with Crippen molar-refractivity contribution < 1.29 is 9.47 Å². The number of aryl methyl sites for hydroxylation is 3. The summed E-state index contributed by atoms with van der Waals surface area (Å²) in [7, 11) is 0. The van der Waals surface area contributed by atoms with Gasteiger partial charge in [0.2, 0.25) is 0 Å². The standard InChI is InChI=1S/C25H27N5O2S/c1-5-31-19-10-9-18(14-20(19)32-6-2)11-12-29-17(4)16(3)22-24(29)26-15-30-25(22)27-23(28-30)21-8-7-13-33-21/h7-10,13-15H,5-6,11-12H2,1-4H3. The average molecular weight is 462 g/mol. The normalized spacial score (nSPS) is 11.5. The minimum absolute atomic E-state index is 0.607. The maximum atomic E-state index is 5.80. The molecule has 0 unspecified atom stereocenters. The molecule has 0 atom stereocenters. The van der Waals surface area contributed by atoms with Gasteiger partial charge >= 0.3 is 0 Å². The van der Waals surface area contributed by atoms with E-state index in [0.29, 0.717) is 13.2 Å². The summed E-state index contributed by atoms with van der Waals surface area (Å²) in [5.74, 6) is 2.33. The highest BCUT2D eigenvalue weighted by Gasteiger charge is 2.19. The van der Waals surface area contributed by atoms with Crippen molar-refractivity contribution in [3.8, 4) is 22.2 Å². The van der Waals surface area contributed by atoms with Crippen LogP contribution in [0, 0.1) is 13.8 Å². The Kier molecular flexibility index (Phi) is 5.76. The Morgan fingerprint density at radius 1 is 1.00 bits per heavy atom. The molecule has 33 heavy (non-hydrogen) atoms. The third-order valence-electron chi connectivity index (χ3n) is 5.92. The van der Waals surface area contributed by atoms with Crippen LogP contribution < -0.4 is 9.47 Å². The lowest BCUT2D eigenvalue weighted by Gasteiger charge is -2.13. The molecule has 8 heteroatoms. The Morgan fingerprint density at radius 3 is 2.58 bits per heavy atom. The number of hydrogen-bond acceptors (Lipinski definition) is 6. The number of fused-ring (bicyclic) bond motifs is 3. The molecule has 5 aromatic rings. The second-order valence-electron chi connectivity index (χ2n) is 7.88. The van der Waals surface area contributed by atoms with Crippen LogP contribution in [0.15, 0.2) is 42.0 Å². The van der Waals surface area contributed by atoms with Gasteiger partial charge in [-0.1, -0.05) is 12.1 Å². The number of hydrogen-bond donors (Lipinski definition) is 0. The molecule has 0 spiro atoms. The van der Waals surface area contributed by atoms with Crippen LogP contribution in [0.5, 0.6) is 11.5 Å². The van der Waals surface area contributed by atoms with Crippen LogP contribution in [0.1, 0.15) is 30.7 Å². The van der Waals surface area contributed by atoms with Crippen molar-refractivity contribution in [2.75, 3.05) is 13.2 Å². The van der Waals surface area contributed by atoms with Gasteiger partial charge in [-0.3, -0.25) is 0 Å². The SMILES string of the molecule is CCOc1ccc(CCn2c(C)c(C)c3c2ncn2nc(-c4cccs4)nc32)cc1OCC. The molecule has 4 heterocycles. The van der Waals surface area contributed by atoms with Gasteiger partial charge in [0, 0.05) is 12.2 Å². The molecule has 0 bridgehead atoms. The molecular formula is C25H27N5O2S. The van der Waals surface area contributed by atoms with Gasteiger partial charge in [0.1, 0.15) is 12.0 Å². The Balaban J connectivity index is 1.49.